The van der Waals surface area contributed by atoms with E-state index < -0.39 is 37.5 Å². The molecule has 2 heterocycles. The van der Waals surface area contributed by atoms with Crippen LogP contribution in [0.2, 0.25) is 0 Å². The number of thioether (sulfide) groups is 1. The summed E-state index contributed by atoms with van der Waals surface area (Å²) >= 11 is 1.03. The second-order valence-electron chi connectivity index (χ2n) is 7.22. The monoisotopic (exact) mass is 480 g/mol. The number of carbonyl (C=O) groups is 1. The van der Waals surface area contributed by atoms with Gasteiger partial charge in [-0.25, -0.2) is 14.0 Å². The van der Waals surface area contributed by atoms with Crippen LogP contribution in [0, 0.1) is 0 Å². The lowest BCUT2D eigenvalue weighted by Gasteiger charge is -2.29. The highest BCUT2D eigenvalue weighted by molar-refractivity contribution is 8.13. The molecule has 0 aromatic carbocycles. The third-order valence-electron chi connectivity index (χ3n) is 4.71. The zero-order chi connectivity index (χ0) is 23.4. The Labute approximate surface area is 184 Å². The van der Waals surface area contributed by atoms with Crippen molar-refractivity contribution < 1.29 is 33.4 Å². The molecule has 1 fully saturated rings. The van der Waals surface area contributed by atoms with E-state index in [1.807, 2.05) is 0 Å². The number of aliphatic hydroxyl groups is 2. The van der Waals surface area contributed by atoms with Gasteiger partial charge in [0.2, 0.25) is 0 Å². The summed E-state index contributed by atoms with van der Waals surface area (Å²) in [5, 5.41) is 24.0. The fraction of sp³-hybridized carbons (Fsp3) is 0.706. The standard InChI is InChI=1S/C17H29N4O8PS/c1-11(22)31-9-8-27-30(26,20(4)5)28-10-12-17(2,25)14(23)15(29-12)21-7-6-13(18-3)19-16(21)24/h6-7,12,14-15,23,25H,8-10H2,1-5H3,(H,18,19,24)/t12-,14-,15-,17?,30?/m1/s1. The van der Waals surface area contributed by atoms with Gasteiger partial charge in [-0.05, 0) is 27.1 Å². The van der Waals surface area contributed by atoms with Crippen molar-refractivity contribution in [1.29, 1.82) is 0 Å². The van der Waals surface area contributed by atoms with Crippen LogP contribution in [0.4, 0.5) is 5.82 Å². The third kappa shape index (κ3) is 6.14. The molecule has 5 atom stereocenters. The van der Waals surface area contributed by atoms with E-state index in [0.717, 1.165) is 16.3 Å². The lowest BCUT2D eigenvalue weighted by Crippen LogP contribution is -2.47. The molecule has 1 aliphatic rings. The second kappa shape index (κ2) is 10.5. The van der Waals surface area contributed by atoms with Gasteiger partial charge in [-0.1, -0.05) is 11.8 Å². The molecule has 12 nitrogen and oxygen atoms in total. The molecule has 2 rings (SSSR count). The van der Waals surface area contributed by atoms with Gasteiger partial charge in [0.05, 0.1) is 13.2 Å². The molecule has 0 amide bonds. The number of nitrogens with zero attached hydrogens (tertiary/aromatic N) is 3. The van der Waals surface area contributed by atoms with Gasteiger partial charge in [0.25, 0.3) is 0 Å². The Morgan fingerprint density at radius 2 is 2.16 bits per heavy atom. The van der Waals surface area contributed by atoms with Crippen molar-refractivity contribution in [2.75, 3.05) is 45.4 Å². The average Bonchev–Trinajstić information content (AvgIpc) is 2.92. The molecule has 0 aliphatic carbocycles. The van der Waals surface area contributed by atoms with Crippen LogP contribution in [0.1, 0.15) is 20.1 Å². The van der Waals surface area contributed by atoms with E-state index in [-0.39, 0.29) is 18.3 Å². The van der Waals surface area contributed by atoms with E-state index >= 15 is 0 Å². The first-order chi connectivity index (χ1) is 14.4. The normalized spacial score (nSPS) is 27.9. The number of carbonyl (C=O) groups excluding carboxylic acids is 1. The molecule has 0 saturated carbocycles. The first-order valence-corrected chi connectivity index (χ1v) is 11.9. The summed E-state index contributed by atoms with van der Waals surface area (Å²) in [6.45, 7) is 2.37. The molecule has 1 saturated heterocycles. The maximum atomic E-state index is 13.0. The average molecular weight is 480 g/mol. The number of aromatic nitrogens is 2. The van der Waals surface area contributed by atoms with Crippen molar-refractivity contribution in [3.05, 3.63) is 22.7 Å². The molecule has 3 N–H and O–H groups in total. The van der Waals surface area contributed by atoms with Crippen molar-refractivity contribution in [1.82, 2.24) is 14.2 Å². The Balaban J connectivity index is 2.10. The topological polar surface area (TPSA) is 152 Å². The molecular formula is C17H29N4O8PS. The van der Waals surface area contributed by atoms with Crippen molar-refractivity contribution in [3.8, 4) is 0 Å². The number of anilines is 1. The van der Waals surface area contributed by atoms with E-state index in [1.165, 1.54) is 44.9 Å². The molecule has 1 aromatic rings. The number of nitrogens with one attached hydrogen (secondary N) is 1. The van der Waals surface area contributed by atoms with Crippen LogP contribution in [0.15, 0.2) is 17.1 Å². The van der Waals surface area contributed by atoms with Gasteiger partial charge in [0.15, 0.2) is 11.3 Å². The van der Waals surface area contributed by atoms with Crippen LogP contribution in [-0.4, -0.2) is 87.5 Å². The highest BCUT2D eigenvalue weighted by Gasteiger charge is 2.54. The van der Waals surface area contributed by atoms with Crippen LogP contribution in [0.5, 0.6) is 0 Å². The van der Waals surface area contributed by atoms with E-state index in [9.17, 15) is 24.4 Å². The highest BCUT2D eigenvalue weighted by atomic mass is 32.2. The molecule has 1 aromatic heterocycles. The number of rotatable bonds is 10. The second-order valence-corrected chi connectivity index (χ2v) is 10.7. The van der Waals surface area contributed by atoms with Gasteiger partial charge in [-0.15, -0.1) is 0 Å². The Morgan fingerprint density at radius 1 is 1.48 bits per heavy atom. The SMILES string of the molecule is CNc1ccn([C@@H]2O[C@H](COP(=O)(OCCSC(C)=O)N(C)C)C(C)(O)[C@@H]2O)c(=O)n1. The Morgan fingerprint density at radius 3 is 2.71 bits per heavy atom. The summed E-state index contributed by atoms with van der Waals surface area (Å²) in [4.78, 5) is 27.1. The fourth-order valence-electron chi connectivity index (χ4n) is 2.80. The largest absolute Gasteiger partial charge is 0.407 e. The highest BCUT2D eigenvalue weighted by Crippen LogP contribution is 2.51. The Bertz CT molecular complexity index is 880. The number of hydrogen-bond donors (Lipinski definition) is 3. The molecule has 0 radical (unpaired) electrons. The molecule has 1 aliphatic heterocycles. The van der Waals surface area contributed by atoms with E-state index in [4.69, 9.17) is 13.8 Å². The van der Waals surface area contributed by atoms with Crippen LogP contribution < -0.4 is 11.0 Å². The number of hydrogen-bond acceptors (Lipinski definition) is 11. The van der Waals surface area contributed by atoms with Gasteiger partial charge in [-0.2, -0.15) is 4.98 Å². The lowest BCUT2D eigenvalue weighted by atomic mass is 9.95. The summed E-state index contributed by atoms with van der Waals surface area (Å²) in [7, 11) is 0.859. The van der Waals surface area contributed by atoms with Gasteiger partial charge >= 0.3 is 13.4 Å². The minimum absolute atomic E-state index is 0.00570. The molecule has 0 bridgehead atoms. The zero-order valence-electron chi connectivity index (χ0n) is 18.0. The summed E-state index contributed by atoms with van der Waals surface area (Å²) in [5.74, 6) is 0.639. The van der Waals surface area contributed by atoms with E-state index in [1.54, 1.807) is 7.05 Å². The first kappa shape index (κ1) is 25.9. The van der Waals surface area contributed by atoms with Crippen LogP contribution in [0.3, 0.4) is 0 Å². The quantitative estimate of drug-likeness (QED) is 0.311. The van der Waals surface area contributed by atoms with Gasteiger partial charge < -0.3 is 20.3 Å². The van der Waals surface area contributed by atoms with E-state index in [2.05, 4.69) is 10.3 Å². The van der Waals surface area contributed by atoms with E-state index in [0.29, 0.717) is 11.6 Å². The van der Waals surface area contributed by atoms with Gasteiger partial charge in [0.1, 0.15) is 23.6 Å². The van der Waals surface area contributed by atoms with Crippen LogP contribution in [0.25, 0.3) is 0 Å². The molecule has 2 unspecified atom stereocenters. The summed E-state index contributed by atoms with van der Waals surface area (Å²) in [5.41, 5.74) is -2.49. The predicted molar refractivity (Wildman–Crippen MR) is 115 cm³/mol. The molecule has 31 heavy (non-hydrogen) atoms. The van der Waals surface area contributed by atoms with Crippen molar-refractivity contribution in [2.45, 2.75) is 37.9 Å². The van der Waals surface area contributed by atoms with Crippen molar-refractivity contribution in [3.63, 3.8) is 0 Å². The smallest absolute Gasteiger partial charge is 0.385 e. The van der Waals surface area contributed by atoms with Gasteiger partial charge in [0, 0.05) is 25.9 Å². The lowest BCUT2D eigenvalue weighted by molar-refractivity contribution is -0.109. The van der Waals surface area contributed by atoms with Gasteiger partial charge in [-0.3, -0.25) is 18.4 Å². The molecule has 176 valence electrons. The number of ether oxygens (including phenoxy) is 1. The first-order valence-electron chi connectivity index (χ1n) is 9.45. The van der Waals surface area contributed by atoms with Crippen molar-refractivity contribution >= 4 is 30.4 Å². The van der Waals surface area contributed by atoms with Crippen LogP contribution >= 0.6 is 19.5 Å². The molecule has 0 spiro atoms. The maximum Gasteiger partial charge on any atom is 0.407 e. The minimum Gasteiger partial charge on any atom is -0.385 e. The molecular weight excluding hydrogens is 451 g/mol. The fourth-order valence-corrected chi connectivity index (χ4v) is 4.56. The predicted octanol–water partition coefficient (Wildman–Crippen LogP) is 0.277. The summed E-state index contributed by atoms with van der Waals surface area (Å²) in [6, 6.07) is 1.52. The Hall–Kier alpha value is -1.31. The zero-order valence-corrected chi connectivity index (χ0v) is 19.8. The number of aliphatic hydroxyl groups excluding tert-OH is 1. The maximum absolute atomic E-state index is 13.0. The summed E-state index contributed by atoms with van der Waals surface area (Å²) in [6.07, 6.45) is -2.44. The van der Waals surface area contributed by atoms with Crippen LogP contribution in [-0.2, 0) is 23.1 Å². The van der Waals surface area contributed by atoms with Crippen molar-refractivity contribution in [2.24, 2.45) is 0 Å². The Kier molecular flexibility index (Phi) is 8.82. The third-order valence-corrected chi connectivity index (χ3v) is 7.45. The molecule has 14 heteroatoms. The minimum atomic E-state index is -3.74. The summed E-state index contributed by atoms with van der Waals surface area (Å²) < 4.78 is 31.8.